The average Bonchev–Trinajstić information content (AvgIpc) is 2.35. The lowest BCUT2D eigenvalue weighted by molar-refractivity contribution is -0.384. The molecule has 6 nitrogen and oxygen atoms in total. The lowest BCUT2D eigenvalue weighted by Gasteiger charge is -2.05. The third kappa shape index (κ3) is 3.74. The van der Waals surface area contributed by atoms with Gasteiger partial charge in [0.15, 0.2) is 5.78 Å². The Bertz CT molecular complexity index is 560. The Morgan fingerprint density at radius 2 is 2.00 bits per heavy atom. The van der Waals surface area contributed by atoms with Gasteiger partial charge in [0.1, 0.15) is 5.57 Å². The number of carbonyl (C=O) groups excluding carboxylic acids is 1. The second-order valence-corrected chi connectivity index (χ2v) is 4.23. The monoisotopic (exact) mass is 263 g/mol. The first-order valence-corrected chi connectivity index (χ1v) is 5.56. The number of benzene rings is 1. The Balaban J connectivity index is 3.23. The van der Waals surface area contributed by atoms with Gasteiger partial charge in [-0.15, -0.1) is 0 Å². The van der Waals surface area contributed by atoms with Crippen LogP contribution in [0.1, 0.15) is 19.4 Å². The van der Waals surface area contributed by atoms with Gasteiger partial charge >= 0.3 is 5.97 Å². The van der Waals surface area contributed by atoms with E-state index in [-0.39, 0.29) is 11.3 Å². The van der Waals surface area contributed by atoms with E-state index in [0.717, 1.165) is 6.08 Å². The van der Waals surface area contributed by atoms with Crippen LogP contribution in [0.3, 0.4) is 0 Å². The Morgan fingerprint density at radius 3 is 2.47 bits per heavy atom. The van der Waals surface area contributed by atoms with Crippen LogP contribution in [0.5, 0.6) is 0 Å². The van der Waals surface area contributed by atoms with Crippen molar-refractivity contribution < 1.29 is 19.6 Å². The molecule has 100 valence electrons. The van der Waals surface area contributed by atoms with E-state index in [1.807, 2.05) is 0 Å². The number of carbonyl (C=O) groups is 2. The summed E-state index contributed by atoms with van der Waals surface area (Å²) < 4.78 is 0. The molecule has 19 heavy (non-hydrogen) atoms. The summed E-state index contributed by atoms with van der Waals surface area (Å²) in [6.07, 6.45) is 1.15. The fourth-order valence-corrected chi connectivity index (χ4v) is 1.44. The SMILES string of the molecule is CC(C)C(=O)/C(=C\c1cccc([N+](=O)[O-])c1)C(=O)O. The van der Waals surface area contributed by atoms with Crippen molar-refractivity contribution in [3.63, 3.8) is 0 Å². The van der Waals surface area contributed by atoms with Gasteiger partial charge in [-0.05, 0) is 11.6 Å². The number of nitrogens with zero attached hydrogens (tertiary/aromatic N) is 1. The van der Waals surface area contributed by atoms with Gasteiger partial charge in [-0.3, -0.25) is 14.9 Å². The highest BCUT2D eigenvalue weighted by atomic mass is 16.6. The van der Waals surface area contributed by atoms with E-state index in [9.17, 15) is 19.7 Å². The number of rotatable bonds is 5. The van der Waals surface area contributed by atoms with Crippen molar-refractivity contribution in [2.45, 2.75) is 13.8 Å². The maximum absolute atomic E-state index is 11.7. The summed E-state index contributed by atoms with van der Waals surface area (Å²) in [4.78, 5) is 32.8. The Morgan fingerprint density at radius 1 is 1.37 bits per heavy atom. The molecule has 6 heteroatoms. The standard InChI is InChI=1S/C13H13NO5/c1-8(2)12(15)11(13(16)17)7-9-4-3-5-10(6-9)14(18)19/h3-8H,1-2H3,(H,16,17)/b11-7+. The number of non-ortho nitro benzene ring substituents is 1. The first-order valence-electron chi connectivity index (χ1n) is 5.56. The smallest absolute Gasteiger partial charge is 0.339 e. The van der Waals surface area contributed by atoms with Crippen molar-refractivity contribution in [3.8, 4) is 0 Å². The minimum absolute atomic E-state index is 0.157. The second-order valence-electron chi connectivity index (χ2n) is 4.23. The molecule has 1 aromatic rings. The van der Waals surface area contributed by atoms with Crippen LogP contribution in [0.2, 0.25) is 0 Å². The number of aliphatic carboxylic acids is 1. The summed E-state index contributed by atoms with van der Waals surface area (Å²) in [5, 5.41) is 19.6. The zero-order valence-corrected chi connectivity index (χ0v) is 10.5. The molecule has 0 aromatic heterocycles. The minimum atomic E-state index is -1.34. The highest BCUT2D eigenvalue weighted by Gasteiger charge is 2.20. The molecule has 0 aliphatic rings. The first kappa shape index (κ1) is 14.6. The Labute approximate surface area is 109 Å². The van der Waals surface area contributed by atoms with Crippen LogP contribution >= 0.6 is 0 Å². The third-order valence-corrected chi connectivity index (χ3v) is 2.41. The largest absolute Gasteiger partial charge is 0.478 e. The van der Waals surface area contributed by atoms with Gasteiger partial charge in [-0.2, -0.15) is 0 Å². The lowest BCUT2D eigenvalue weighted by Crippen LogP contribution is -2.17. The number of hydrogen-bond acceptors (Lipinski definition) is 4. The van der Waals surface area contributed by atoms with E-state index in [1.165, 1.54) is 24.3 Å². The minimum Gasteiger partial charge on any atom is -0.478 e. The van der Waals surface area contributed by atoms with Gasteiger partial charge in [0.2, 0.25) is 0 Å². The number of carboxylic acids is 1. The quantitative estimate of drug-likeness (QED) is 0.289. The molecule has 1 aromatic carbocycles. The number of hydrogen-bond donors (Lipinski definition) is 1. The maximum atomic E-state index is 11.7. The average molecular weight is 263 g/mol. The second kappa shape index (κ2) is 5.90. The van der Waals surface area contributed by atoms with Gasteiger partial charge in [-0.25, -0.2) is 4.79 Å². The van der Waals surface area contributed by atoms with Gasteiger partial charge in [0.05, 0.1) is 4.92 Å². The molecule has 0 aliphatic heterocycles. The highest BCUT2D eigenvalue weighted by Crippen LogP contribution is 2.17. The molecule has 0 atom stereocenters. The van der Waals surface area contributed by atoms with E-state index >= 15 is 0 Å². The predicted molar refractivity (Wildman–Crippen MR) is 68.6 cm³/mol. The molecular weight excluding hydrogens is 250 g/mol. The Hall–Kier alpha value is -2.50. The number of Topliss-reactive ketones (excluding diaryl/α,β-unsaturated/α-hetero) is 1. The predicted octanol–water partition coefficient (Wildman–Crippen LogP) is 2.29. The zero-order chi connectivity index (χ0) is 14.6. The van der Waals surface area contributed by atoms with Crippen molar-refractivity contribution in [1.29, 1.82) is 0 Å². The van der Waals surface area contributed by atoms with Crippen LogP contribution in [0.25, 0.3) is 6.08 Å². The topological polar surface area (TPSA) is 97.5 Å². The molecule has 0 spiro atoms. The van der Waals surface area contributed by atoms with Crippen LogP contribution in [0.15, 0.2) is 29.8 Å². The fraction of sp³-hybridized carbons (Fsp3) is 0.231. The number of carboxylic acid groups (broad SMARTS) is 1. The number of nitro benzene ring substituents is 1. The van der Waals surface area contributed by atoms with Gasteiger partial charge in [0, 0.05) is 18.1 Å². The molecule has 0 heterocycles. The molecule has 0 saturated heterocycles. The first-order chi connectivity index (χ1) is 8.82. The molecule has 0 amide bonds. The molecule has 1 N–H and O–H groups in total. The zero-order valence-electron chi connectivity index (χ0n) is 10.5. The summed E-state index contributed by atoms with van der Waals surface area (Å²) in [7, 11) is 0. The van der Waals surface area contributed by atoms with Crippen LogP contribution in [0, 0.1) is 16.0 Å². The Kier molecular flexibility index (Phi) is 4.52. The van der Waals surface area contributed by atoms with E-state index in [1.54, 1.807) is 13.8 Å². The number of ketones is 1. The molecule has 0 bridgehead atoms. The van der Waals surface area contributed by atoms with Crippen molar-refractivity contribution in [2.24, 2.45) is 5.92 Å². The fourth-order valence-electron chi connectivity index (χ4n) is 1.44. The molecular formula is C13H13NO5. The molecule has 0 unspecified atom stereocenters. The van der Waals surface area contributed by atoms with E-state index in [4.69, 9.17) is 5.11 Å². The number of nitro groups is 1. The van der Waals surface area contributed by atoms with Crippen LogP contribution in [0.4, 0.5) is 5.69 Å². The highest BCUT2D eigenvalue weighted by molar-refractivity contribution is 6.20. The third-order valence-electron chi connectivity index (χ3n) is 2.41. The van der Waals surface area contributed by atoms with Gasteiger partial charge in [-0.1, -0.05) is 26.0 Å². The van der Waals surface area contributed by atoms with E-state index in [0.29, 0.717) is 5.56 Å². The van der Waals surface area contributed by atoms with Gasteiger partial charge < -0.3 is 5.11 Å². The van der Waals surface area contributed by atoms with Gasteiger partial charge in [0.25, 0.3) is 5.69 Å². The maximum Gasteiger partial charge on any atom is 0.339 e. The van der Waals surface area contributed by atoms with Crippen molar-refractivity contribution >= 4 is 23.5 Å². The normalized spacial score (nSPS) is 11.4. The van der Waals surface area contributed by atoms with Crippen LogP contribution in [-0.4, -0.2) is 21.8 Å². The van der Waals surface area contributed by atoms with E-state index in [2.05, 4.69) is 0 Å². The molecule has 0 radical (unpaired) electrons. The molecule has 0 aliphatic carbocycles. The summed E-state index contributed by atoms with van der Waals surface area (Å²) in [6.45, 7) is 3.18. The molecule has 0 saturated carbocycles. The van der Waals surface area contributed by atoms with E-state index < -0.39 is 22.6 Å². The summed E-state index contributed by atoms with van der Waals surface area (Å²) in [5.41, 5.74) is -0.230. The van der Waals surface area contributed by atoms with Crippen molar-refractivity contribution in [3.05, 3.63) is 45.5 Å². The lowest BCUT2D eigenvalue weighted by atomic mass is 9.99. The molecule has 0 fully saturated rings. The van der Waals surface area contributed by atoms with Crippen LogP contribution < -0.4 is 0 Å². The molecule has 1 rings (SSSR count). The van der Waals surface area contributed by atoms with Crippen molar-refractivity contribution in [1.82, 2.24) is 0 Å². The van der Waals surface area contributed by atoms with Crippen LogP contribution in [-0.2, 0) is 9.59 Å². The summed E-state index contributed by atoms with van der Waals surface area (Å²) >= 11 is 0. The summed E-state index contributed by atoms with van der Waals surface area (Å²) in [5.74, 6) is -2.31. The van der Waals surface area contributed by atoms with Crippen molar-refractivity contribution in [2.75, 3.05) is 0 Å². The summed E-state index contributed by atoms with van der Waals surface area (Å²) in [6, 6.07) is 5.45.